The van der Waals surface area contributed by atoms with Crippen molar-refractivity contribution in [3.05, 3.63) is 35.8 Å². The van der Waals surface area contributed by atoms with E-state index in [4.69, 9.17) is 11.5 Å². The van der Waals surface area contributed by atoms with E-state index in [0.29, 0.717) is 16.5 Å². The lowest BCUT2D eigenvalue weighted by molar-refractivity contribution is 0.630. The first-order chi connectivity index (χ1) is 9.60. The Labute approximate surface area is 112 Å². The van der Waals surface area contributed by atoms with Crippen molar-refractivity contribution in [2.75, 3.05) is 11.5 Å². The van der Waals surface area contributed by atoms with E-state index in [1.165, 1.54) is 12.1 Å². The lowest BCUT2D eigenvalue weighted by atomic mass is 10.0. The first-order valence-electron chi connectivity index (χ1n) is 5.70. The summed E-state index contributed by atoms with van der Waals surface area (Å²) in [5, 5.41) is 9.86. The summed E-state index contributed by atoms with van der Waals surface area (Å²) in [6, 6.07) is 6.31. The molecule has 3 aromatic rings. The van der Waals surface area contributed by atoms with E-state index < -0.39 is 5.82 Å². The zero-order valence-corrected chi connectivity index (χ0v) is 10.2. The molecule has 1 aromatic carbocycles. The number of aromatic amines is 1. The summed E-state index contributed by atoms with van der Waals surface area (Å²) in [5.41, 5.74) is 12.6. The number of H-pyrrole nitrogens is 1. The Morgan fingerprint density at radius 2 is 2.05 bits per heavy atom. The van der Waals surface area contributed by atoms with Crippen LogP contribution in [0.5, 0.6) is 0 Å². The zero-order chi connectivity index (χ0) is 14.3. The molecule has 0 atom stereocenters. The molecule has 0 bridgehead atoms. The highest BCUT2D eigenvalue weighted by Crippen LogP contribution is 2.31. The third-order valence-electron chi connectivity index (χ3n) is 2.95. The Morgan fingerprint density at radius 1 is 1.25 bits per heavy atom. The maximum Gasteiger partial charge on any atom is 0.222 e. The molecule has 0 aliphatic carbocycles. The summed E-state index contributed by atoms with van der Waals surface area (Å²) >= 11 is 0. The molecular formula is C13H9FN6. The zero-order valence-electron chi connectivity index (χ0n) is 10.2. The monoisotopic (exact) mass is 268 g/mol. The Hall–Kier alpha value is -3.14. The van der Waals surface area contributed by atoms with E-state index in [2.05, 4.69) is 15.0 Å². The topological polar surface area (TPSA) is 117 Å². The second kappa shape index (κ2) is 4.20. The van der Waals surface area contributed by atoms with Crippen molar-refractivity contribution < 1.29 is 4.39 Å². The van der Waals surface area contributed by atoms with Gasteiger partial charge < -0.3 is 16.5 Å². The molecule has 2 aromatic heterocycles. The molecule has 5 N–H and O–H groups in total. The molecule has 0 aliphatic rings. The first kappa shape index (κ1) is 11.9. The lowest BCUT2D eigenvalue weighted by Gasteiger charge is -2.08. The minimum atomic E-state index is -0.438. The van der Waals surface area contributed by atoms with Gasteiger partial charge in [-0.05, 0) is 18.2 Å². The summed E-state index contributed by atoms with van der Waals surface area (Å²) < 4.78 is 13.7. The standard InChI is InChI=1S/C13H9FN6/c14-7-3-6-1-2-18-10(6)8(4-7)11-9(5-15)12(16)20-13(17)19-11/h1-4,18H,(H4,16,17,19,20). The van der Waals surface area contributed by atoms with Crippen LogP contribution in [0.1, 0.15) is 5.56 Å². The number of nitrogens with one attached hydrogen (secondary N) is 1. The molecule has 98 valence electrons. The number of rotatable bonds is 1. The molecule has 2 heterocycles. The van der Waals surface area contributed by atoms with Crippen LogP contribution in [-0.2, 0) is 0 Å². The molecule has 0 fully saturated rings. The van der Waals surface area contributed by atoms with E-state index >= 15 is 0 Å². The van der Waals surface area contributed by atoms with Gasteiger partial charge in [0.1, 0.15) is 23.3 Å². The van der Waals surface area contributed by atoms with Crippen molar-refractivity contribution in [2.45, 2.75) is 0 Å². The van der Waals surface area contributed by atoms with E-state index in [1.807, 2.05) is 6.07 Å². The average molecular weight is 268 g/mol. The number of benzene rings is 1. The fourth-order valence-corrected chi connectivity index (χ4v) is 2.12. The molecule has 0 saturated heterocycles. The van der Waals surface area contributed by atoms with Gasteiger partial charge >= 0.3 is 0 Å². The highest BCUT2D eigenvalue weighted by atomic mass is 19.1. The normalized spacial score (nSPS) is 10.6. The van der Waals surface area contributed by atoms with Gasteiger partial charge in [0.05, 0.1) is 11.2 Å². The molecular weight excluding hydrogens is 259 g/mol. The van der Waals surface area contributed by atoms with Crippen LogP contribution in [0.25, 0.3) is 22.2 Å². The third-order valence-corrected chi connectivity index (χ3v) is 2.95. The fraction of sp³-hybridized carbons (Fsp3) is 0. The van der Waals surface area contributed by atoms with Gasteiger partial charge in [0.25, 0.3) is 0 Å². The van der Waals surface area contributed by atoms with E-state index in [0.717, 1.165) is 0 Å². The highest BCUT2D eigenvalue weighted by Gasteiger charge is 2.17. The number of nitrogens with zero attached hydrogens (tertiary/aromatic N) is 3. The number of nitrogen functional groups attached to an aromatic ring is 2. The molecule has 0 amide bonds. The molecule has 0 saturated carbocycles. The minimum absolute atomic E-state index is 0.0287. The maximum atomic E-state index is 13.7. The molecule has 0 aliphatic heterocycles. The van der Waals surface area contributed by atoms with Gasteiger partial charge in [-0.3, -0.25) is 0 Å². The van der Waals surface area contributed by atoms with Gasteiger partial charge in [0.15, 0.2) is 0 Å². The van der Waals surface area contributed by atoms with Crippen molar-refractivity contribution in [3.63, 3.8) is 0 Å². The van der Waals surface area contributed by atoms with Crippen LogP contribution in [0.2, 0.25) is 0 Å². The molecule has 0 spiro atoms. The summed E-state index contributed by atoms with van der Waals surface area (Å²) in [6.07, 6.45) is 1.67. The van der Waals surface area contributed by atoms with E-state index in [1.54, 1.807) is 12.3 Å². The summed E-state index contributed by atoms with van der Waals surface area (Å²) in [5.74, 6) is -0.536. The fourth-order valence-electron chi connectivity index (χ4n) is 2.12. The van der Waals surface area contributed by atoms with Gasteiger partial charge in [-0.1, -0.05) is 0 Å². The lowest BCUT2D eigenvalue weighted by Crippen LogP contribution is -2.05. The molecule has 7 heteroatoms. The maximum absolute atomic E-state index is 13.7. The van der Waals surface area contributed by atoms with E-state index in [9.17, 15) is 9.65 Å². The summed E-state index contributed by atoms with van der Waals surface area (Å²) in [4.78, 5) is 10.7. The number of fused-ring (bicyclic) bond motifs is 1. The second-order valence-corrected chi connectivity index (χ2v) is 4.20. The van der Waals surface area contributed by atoms with Crippen molar-refractivity contribution in [1.82, 2.24) is 15.0 Å². The SMILES string of the molecule is N#Cc1c(N)nc(N)nc1-c1cc(F)cc2cc[nH]c12. The summed E-state index contributed by atoms with van der Waals surface area (Å²) in [6.45, 7) is 0. The first-order valence-corrected chi connectivity index (χ1v) is 5.70. The number of nitrogens with two attached hydrogens (primary N) is 2. The minimum Gasteiger partial charge on any atom is -0.382 e. The predicted octanol–water partition coefficient (Wildman–Crippen LogP) is 1.80. The third kappa shape index (κ3) is 1.71. The molecule has 0 radical (unpaired) electrons. The van der Waals surface area contributed by atoms with Crippen molar-refractivity contribution in [2.24, 2.45) is 0 Å². The van der Waals surface area contributed by atoms with Crippen molar-refractivity contribution in [3.8, 4) is 17.3 Å². The number of aromatic nitrogens is 3. The second-order valence-electron chi connectivity index (χ2n) is 4.20. The van der Waals surface area contributed by atoms with Crippen LogP contribution < -0.4 is 11.5 Å². The van der Waals surface area contributed by atoms with Crippen LogP contribution in [0.3, 0.4) is 0 Å². The highest BCUT2D eigenvalue weighted by molar-refractivity contribution is 5.95. The average Bonchev–Trinajstić information content (AvgIpc) is 2.84. The summed E-state index contributed by atoms with van der Waals surface area (Å²) in [7, 11) is 0. The van der Waals surface area contributed by atoms with Gasteiger partial charge in [-0.15, -0.1) is 0 Å². The van der Waals surface area contributed by atoms with E-state index in [-0.39, 0.29) is 23.0 Å². The number of anilines is 2. The van der Waals surface area contributed by atoms with Crippen molar-refractivity contribution >= 4 is 22.7 Å². The molecule has 0 unspecified atom stereocenters. The van der Waals surface area contributed by atoms with Gasteiger partial charge in [-0.2, -0.15) is 10.2 Å². The molecule has 6 nitrogen and oxygen atoms in total. The Morgan fingerprint density at radius 3 is 2.80 bits per heavy atom. The number of nitriles is 1. The number of halogens is 1. The smallest absolute Gasteiger partial charge is 0.222 e. The number of hydrogen-bond donors (Lipinski definition) is 3. The van der Waals surface area contributed by atoms with Crippen LogP contribution in [-0.4, -0.2) is 15.0 Å². The Kier molecular flexibility index (Phi) is 2.51. The van der Waals surface area contributed by atoms with Crippen LogP contribution in [0, 0.1) is 17.1 Å². The number of hydrogen-bond acceptors (Lipinski definition) is 5. The predicted molar refractivity (Wildman–Crippen MR) is 72.8 cm³/mol. The van der Waals surface area contributed by atoms with Crippen LogP contribution in [0.4, 0.5) is 16.2 Å². The van der Waals surface area contributed by atoms with Crippen LogP contribution >= 0.6 is 0 Å². The van der Waals surface area contributed by atoms with Crippen LogP contribution in [0.15, 0.2) is 24.4 Å². The van der Waals surface area contributed by atoms with Gasteiger partial charge in [-0.25, -0.2) is 9.37 Å². The Bertz CT molecular complexity index is 861. The van der Waals surface area contributed by atoms with Gasteiger partial charge in [0, 0.05) is 17.1 Å². The van der Waals surface area contributed by atoms with Crippen molar-refractivity contribution in [1.29, 1.82) is 5.26 Å². The van der Waals surface area contributed by atoms with Gasteiger partial charge in [0.2, 0.25) is 5.95 Å². The largest absolute Gasteiger partial charge is 0.382 e. The molecule has 3 rings (SSSR count). The Balaban J connectivity index is 2.42. The molecule has 20 heavy (non-hydrogen) atoms. The quantitative estimate of drug-likeness (QED) is 0.622.